The molecule has 1 saturated carbocycles. The third-order valence-electron chi connectivity index (χ3n) is 5.36. The topological polar surface area (TPSA) is 48.9 Å². The lowest BCUT2D eigenvalue weighted by Crippen LogP contribution is -2.49. The van der Waals surface area contributed by atoms with E-state index in [4.69, 9.17) is 16.3 Å². The van der Waals surface area contributed by atoms with Gasteiger partial charge >= 0.3 is 0 Å². The highest BCUT2D eigenvalue weighted by Crippen LogP contribution is 2.41. The fourth-order valence-electron chi connectivity index (χ4n) is 3.73. The van der Waals surface area contributed by atoms with E-state index >= 15 is 0 Å². The first-order valence-electron chi connectivity index (χ1n) is 9.66. The van der Waals surface area contributed by atoms with Crippen LogP contribution in [0.4, 0.5) is 0 Å². The van der Waals surface area contributed by atoms with Gasteiger partial charge in [-0.1, -0.05) is 23.7 Å². The van der Waals surface area contributed by atoms with Crippen LogP contribution in [0, 0.1) is 0 Å². The maximum absolute atomic E-state index is 6.11. The van der Waals surface area contributed by atoms with Gasteiger partial charge in [-0.05, 0) is 43.4 Å². The normalized spacial score (nSPS) is 24.5. The highest BCUT2D eigenvalue weighted by Gasteiger charge is 2.39. The summed E-state index contributed by atoms with van der Waals surface area (Å²) in [5.41, 5.74) is 1.31. The molecule has 6 heteroatoms. The third kappa shape index (κ3) is 5.60. The number of nitrogens with zero attached hydrogens (tertiary/aromatic N) is 2. The molecule has 5 nitrogen and oxygen atoms in total. The molecule has 2 N–H and O–H groups in total. The quantitative estimate of drug-likeness (QED) is 0.435. The van der Waals surface area contributed by atoms with Crippen molar-refractivity contribution < 1.29 is 4.74 Å². The van der Waals surface area contributed by atoms with E-state index in [9.17, 15) is 0 Å². The van der Waals surface area contributed by atoms with E-state index in [1.165, 1.54) is 5.56 Å². The molecule has 1 aromatic carbocycles. The van der Waals surface area contributed by atoms with Crippen LogP contribution in [0.5, 0.6) is 0 Å². The molecule has 0 spiro atoms. The first-order valence-corrected chi connectivity index (χ1v) is 10.0. The molecule has 1 saturated heterocycles. The maximum Gasteiger partial charge on any atom is 0.191 e. The van der Waals surface area contributed by atoms with Gasteiger partial charge in [-0.2, -0.15) is 0 Å². The van der Waals surface area contributed by atoms with Crippen LogP contribution < -0.4 is 10.6 Å². The van der Waals surface area contributed by atoms with E-state index in [1.54, 1.807) is 7.11 Å². The predicted octanol–water partition coefficient (Wildman–Crippen LogP) is 2.86. The van der Waals surface area contributed by atoms with E-state index in [2.05, 4.69) is 32.7 Å². The van der Waals surface area contributed by atoms with Crippen molar-refractivity contribution in [2.75, 3.05) is 40.4 Å². The summed E-state index contributed by atoms with van der Waals surface area (Å²) in [5.74, 6) is 1.47. The molecule has 1 aromatic rings. The number of hydrogen-bond acceptors (Lipinski definition) is 3. The molecule has 2 unspecified atom stereocenters. The van der Waals surface area contributed by atoms with Crippen molar-refractivity contribution in [3.05, 3.63) is 34.9 Å². The van der Waals surface area contributed by atoms with Gasteiger partial charge in [-0.25, -0.2) is 0 Å². The highest BCUT2D eigenvalue weighted by atomic mass is 35.5. The number of methoxy groups -OCH3 is 1. The monoisotopic (exact) mass is 378 g/mol. The average molecular weight is 379 g/mol. The van der Waals surface area contributed by atoms with Crippen molar-refractivity contribution in [1.29, 1.82) is 0 Å². The average Bonchev–Trinajstić information content (AvgIpc) is 3.42. The van der Waals surface area contributed by atoms with Gasteiger partial charge in [0.1, 0.15) is 0 Å². The first-order chi connectivity index (χ1) is 12.7. The van der Waals surface area contributed by atoms with Crippen LogP contribution in [0.25, 0.3) is 0 Å². The predicted molar refractivity (Wildman–Crippen MR) is 108 cm³/mol. The van der Waals surface area contributed by atoms with Crippen LogP contribution in [0.15, 0.2) is 29.3 Å². The van der Waals surface area contributed by atoms with Crippen LogP contribution in [0.3, 0.4) is 0 Å². The van der Waals surface area contributed by atoms with Gasteiger partial charge in [0.15, 0.2) is 5.96 Å². The molecule has 1 aliphatic carbocycles. The zero-order valence-corrected chi connectivity index (χ0v) is 16.6. The van der Waals surface area contributed by atoms with E-state index in [1.807, 2.05) is 19.2 Å². The van der Waals surface area contributed by atoms with Gasteiger partial charge in [-0.3, -0.25) is 4.99 Å². The molecule has 2 atom stereocenters. The molecule has 1 heterocycles. The number of rotatable bonds is 7. The Hall–Kier alpha value is -1.30. The SMILES string of the molecule is CN=C(NC1CCN(CCCOC)CC1)NC1CC1c1cccc(Cl)c1. The number of nitrogens with one attached hydrogen (secondary N) is 2. The molecular weight excluding hydrogens is 348 g/mol. The van der Waals surface area contributed by atoms with Gasteiger partial charge in [-0.15, -0.1) is 0 Å². The number of hydrogen-bond donors (Lipinski definition) is 2. The minimum atomic E-state index is 0.453. The molecule has 2 aliphatic rings. The smallest absolute Gasteiger partial charge is 0.191 e. The zero-order valence-electron chi connectivity index (χ0n) is 15.9. The summed E-state index contributed by atoms with van der Waals surface area (Å²) in [7, 11) is 3.62. The van der Waals surface area contributed by atoms with E-state index in [0.29, 0.717) is 18.0 Å². The Kier molecular flexibility index (Phi) is 7.17. The molecule has 2 fully saturated rings. The van der Waals surface area contributed by atoms with Gasteiger partial charge in [0.25, 0.3) is 0 Å². The summed E-state index contributed by atoms with van der Waals surface area (Å²) >= 11 is 6.11. The molecule has 0 bridgehead atoms. The lowest BCUT2D eigenvalue weighted by atomic mass is 10.1. The van der Waals surface area contributed by atoms with E-state index < -0.39 is 0 Å². The van der Waals surface area contributed by atoms with Crippen molar-refractivity contribution in [2.45, 2.75) is 43.7 Å². The largest absolute Gasteiger partial charge is 0.385 e. The summed E-state index contributed by atoms with van der Waals surface area (Å²) in [6, 6.07) is 9.15. The molecule has 26 heavy (non-hydrogen) atoms. The van der Waals surface area contributed by atoms with Crippen molar-refractivity contribution in [3.8, 4) is 0 Å². The summed E-state index contributed by atoms with van der Waals surface area (Å²) in [6.45, 7) is 4.28. The Morgan fingerprint density at radius 2 is 2.12 bits per heavy atom. The van der Waals surface area contributed by atoms with Crippen LogP contribution in [-0.2, 0) is 4.74 Å². The fourth-order valence-corrected chi connectivity index (χ4v) is 3.93. The van der Waals surface area contributed by atoms with Crippen LogP contribution >= 0.6 is 11.6 Å². The maximum atomic E-state index is 6.11. The molecule has 0 radical (unpaired) electrons. The van der Waals surface area contributed by atoms with Crippen molar-refractivity contribution in [2.24, 2.45) is 4.99 Å². The Morgan fingerprint density at radius 1 is 1.31 bits per heavy atom. The van der Waals surface area contributed by atoms with Gasteiger partial charge in [0, 0.05) is 63.4 Å². The third-order valence-corrected chi connectivity index (χ3v) is 5.60. The molecular formula is C20H31ClN4O. The summed E-state index contributed by atoms with van der Waals surface area (Å²) in [6.07, 6.45) is 4.58. The van der Waals surface area contributed by atoms with E-state index in [-0.39, 0.29) is 0 Å². The van der Waals surface area contributed by atoms with Crippen LogP contribution in [0.1, 0.15) is 37.2 Å². The Morgan fingerprint density at radius 3 is 2.81 bits per heavy atom. The van der Waals surface area contributed by atoms with Gasteiger partial charge < -0.3 is 20.3 Å². The molecule has 0 amide bonds. The minimum Gasteiger partial charge on any atom is -0.385 e. The summed E-state index contributed by atoms with van der Waals surface area (Å²) in [5, 5.41) is 8.00. The summed E-state index contributed by atoms with van der Waals surface area (Å²) < 4.78 is 5.14. The Balaban J connectivity index is 1.40. The van der Waals surface area contributed by atoms with Gasteiger partial charge in [0.2, 0.25) is 0 Å². The molecule has 3 rings (SSSR count). The van der Waals surface area contributed by atoms with Crippen LogP contribution in [0.2, 0.25) is 5.02 Å². The number of halogens is 1. The van der Waals surface area contributed by atoms with Crippen molar-refractivity contribution in [1.82, 2.24) is 15.5 Å². The number of ether oxygens (including phenoxy) is 1. The number of likely N-dealkylation sites (tertiary alicyclic amines) is 1. The Bertz CT molecular complexity index is 601. The van der Waals surface area contributed by atoms with E-state index in [0.717, 1.165) is 62.9 Å². The van der Waals surface area contributed by atoms with Crippen molar-refractivity contribution in [3.63, 3.8) is 0 Å². The first kappa shape index (κ1) is 19.5. The second-order valence-corrected chi connectivity index (χ2v) is 7.76. The fraction of sp³-hybridized carbons (Fsp3) is 0.650. The molecule has 144 valence electrons. The standard InChI is InChI=1S/C20H31ClN4O/c1-22-20(23-17-7-10-25(11-8-17)9-4-12-26-2)24-19-14-18(19)15-5-3-6-16(21)13-15/h3,5-6,13,17-19H,4,7-12,14H2,1-2H3,(H2,22,23,24). The number of piperidine rings is 1. The second-order valence-electron chi connectivity index (χ2n) is 7.33. The number of aliphatic imine (C=N–C) groups is 1. The lowest BCUT2D eigenvalue weighted by Gasteiger charge is -2.33. The molecule has 0 aromatic heterocycles. The highest BCUT2D eigenvalue weighted by molar-refractivity contribution is 6.30. The lowest BCUT2D eigenvalue weighted by molar-refractivity contribution is 0.155. The molecule has 1 aliphatic heterocycles. The Labute approximate surface area is 162 Å². The second kappa shape index (κ2) is 9.58. The number of guanidine groups is 1. The summed E-state index contributed by atoms with van der Waals surface area (Å²) in [4.78, 5) is 6.96. The van der Waals surface area contributed by atoms with Gasteiger partial charge in [0.05, 0.1) is 0 Å². The van der Waals surface area contributed by atoms with Crippen LogP contribution in [-0.4, -0.2) is 63.3 Å². The van der Waals surface area contributed by atoms with Crippen molar-refractivity contribution >= 4 is 17.6 Å². The minimum absolute atomic E-state index is 0.453. The zero-order chi connectivity index (χ0) is 18.4. The number of benzene rings is 1.